The predicted molar refractivity (Wildman–Crippen MR) is 80.5 cm³/mol. The van der Waals surface area contributed by atoms with Crippen LogP contribution in [0.25, 0.3) is 0 Å². The number of anilines is 2. The first-order chi connectivity index (χ1) is 8.97. The lowest BCUT2D eigenvalue weighted by molar-refractivity contribution is 0.102. The van der Waals surface area contributed by atoms with E-state index in [2.05, 4.69) is 26.2 Å². The van der Waals surface area contributed by atoms with Crippen LogP contribution in [0.2, 0.25) is 5.02 Å². The van der Waals surface area contributed by atoms with Gasteiger partial charge in [0, 0.05) is 15.2 Å². The number of amides is 1. The average Bonchev–Trinajstić information content (AvgIpc) is 2.33. The van der Waals surface area contributed by atoms with Gasteiger partial charge in [-0.05, 0) is 53.2 Å². The predicted octanol–water partition coefficient (Wildman–Crippen LogP) is 3.64. The molecule has 0 fully saturated rings. The first kappa shape index (κ1) is 13.8. The number of benzene rings is 1. The third-order valence-electron chi connectivity index (χ3n) is 2.52. The normalized spacial score (nSPS) is 10.3. The van der Waals surface area contributed by atoms with Crippen molar-refractivity contribution in [2.75, 3.05) is 11.1 Å². The van der Waals surface area contributed by atoms with Crippen LogP contribution in [0.15, 0.2) is 34.8 Å². The lowest BCUT2D eigenvalue weighted by atomic mass is 10.1. The van der Waals surface area contributed by atoms with Crippen molar-refractivity contribution in [3.05, 3.63) is 51.1 Å². The van der Waals surface area contributed by atoms with E-state index in [4.69, 9.17) is 17.3 Å². The molecule has 1 aromatic heterocycles. The molecule has 0 aliphatic rings. The molecule has 0 spiro atoms. The zero-order valence-corrected chi connectivity index (χ0v) is 12.4. The molecule has 2 aromatic rings. The lowest BCUT2D eigenvalue weighted by Gasteiger charge is -2.08. The van der Waals surface area contributed by atoms with Crippen molar-refractivity contribution in [1.29, 1.82) is 0 Å². The van der Waals surface area contributed by atoms with Crippen LogP contribution in [-0.2, 0) is 0 Å². The number of nitrogens with one attached hydrogen (secondary N) is 1. The summed E-state index contributed by atoms with van der Waals surface area (Å²) >= 11 is 9.14. The molecule has 1 aromatic carbocycles. The number of halogens is 2. The first-order valence-corrected chi connectivity index (χ1v) is 6.64. The van der Waals surface area contributed by atoms with Gasteiger partial charge in [0.15, 0.2) is 0 Å². The number of nitrogen functional groups attached to an aromatic ring is 1. The molecule has 0 bridgehead atoms. The number of aryl methyl sites for hydroxylation is 1. The van der Waals surface area contributed by atoms with E-state index in [1.54, 1.807) is 18.2 Å². The highest BCUT2D eigenvalue weighted by Crippen LogP contribution is 2.20. The topological polar surface area (TPSA) is 68.0 Å². The molecule has 0 saturated heterocycles. The molecule has 98 valence electrons. The van der Waals surface area contributed by atoms with E-state index < -0.39 is 0 Å². The van der Waals surface area contributed by atoms with Gasteiger partial charge in [-0.1, -0.05) is 11.6 Å². The Bertz CT molecular complexity index is 646. The van der Waals surface area contributed by atoms with Crippen molar-refractivity contribution < 1.29 is 4.79 Å². The fourth-order valence-corrected chi connectivity index (χ4v) is 1.94. The van der Waals surface area contributed by atoms with E-state index in [0.717, 1.165) is 10.2 Å². The molecule has 0 unspecified atom stereocenters. The first-order valence-electron chi connectivity index (χ1n) is 5.47. The van der Waals surface area contributed by atoms with Crippen molar-refractivity contribution in [2.24, 2.45) is 0 Å². The Kier molecular flexibility index (Phi) is 4.07. The van der Waals surface area contributed by atoms with Gasteiger partial charge in [0.25, 0.3) is 5.91 Å². The van der Waals surface area contributed by atoms with Crippen LogP contribution in [0.3, 0.4) is 0 Å². The summed E-state index contributed by atoms with van der Waals surface area (Å²) in [6.07, 6.45) is 0. The molecule has 19 heavy (non-hydrogen) atoms. The zero-order valence-electron chi connectivity index (χ0n) is 10.1. The van der Waals surface area contributed by atoms with E-state index in [0.29, 0.717) is 22.1 Å². The molecule has 1 heterocycles. The number of rotatable bonds is 2. The molecule has 3 N–H and O–H groups in total. The molecule has 0 saturated carbocycles. The quantitative estimate of drug-likeness (QED) is 0.820. The number of nitrogens with zero attached hydrogens (tertiary/aromatic N) is 1. The number of hydrogen-bond donors (Lipinski definition) is 2. The van der Waals surface area contributed by atoms with Crippen molar-refractivity contribution in [2.45, 2.75) is 6.92 Å². The molecule has 2 rings (SSSR count). The van der Waals surface area contributed by atoms with Crippen LogP contribution < -0.4 is 11.1 Å². The molecule has 6 heteroatoms. The second-order valence-electron chi connectivity index (χ2n) is 3.95. The smallest absolute Gasteiger partial charge is 0.258 e. The summed E-state index contributed by atoms with van der Waals surface area (Å²) in [5.41, 5.74) is 7.25. The second-order valence-corrected chi connectivity index (χ2v) is 5.24. The van der Waals surface area contributed by atoms with Gasteiger partial charge in [-0.3, -0.25) is 4.79 Å². The van der Waals surface area contributed by atoms with Gasteiger partial charge in [-0.25, -0.2) is 4.98 Å². The molecule has 0 radical (unpaired) electrons. The molecular formula is C13H11BrClN3O. The SMILES string of the molecule is Cc1nc(NC(=O)c2ccc(Cl)cc2N)ccc1Br. The van der Waals surface area contributed by atoms with Crippen molar-refractivity contribution in [3.8, 4) is 0 Å². The summed E-state index contributed by atoms with van der Waals surface area (Å²) in [7, 11) is 0. The summed E-state index contributed by atoms with van der Waals surface area (Å²) in [5.74, 6) is 0.156. The van der Waals surface area contributed by atoms with Crippen LogP contribution in [0.1, 0.15) is 16.1 Å². The summed E-state index contributed by atoms with van der Waals surface area (Å²) in [4.78, 5) is 16.3. The van der Waals surface area contributed by atoms with E-state index in [1.807, 2.05) is 13.0 Å². The highest BCUT2D eigenvalue weighted by molar-refractivity contribution is 9.10. The van der Waals surface area contributed by atoms with Crippen LogP contribution >= 0.6 is 27.5 Å². The van der Waals surface area contributed by atoms with Gasteiger partial charge < -0.3 is 11.1 Å². The number of hydrogen-bond acceptors (Lipinski definition) is 3. The van der Waals surface area contributed by atoms with E-state index in [1.165, 1.54) is 6.07 Å². The minimum atomic E-state index is -0.316. The van der Waals surface area contributed by atoms with Gasteiger partial charge >= 0.3 is 0 Å². The minimum absolute atomic E-state index is 0.316. The Balaban J connectivity index is 2.23. The van der Waals surface area contributed by atoms with Gasteiger partial charge in [-0.15, -0.1) is 0 Å². The standard InChI is InChI=1S/C13H11BrClN3O/c1-7-10(14)4-5-12(17-7)18-13(19)9-3-2-8(15)6-11(9)16/h2-6H,16H2,1H3,(H,17,18,19). The van der Waals surface area contributed by atoms with Crippen LogP contribution in [-0.4, -0.2) is 10.9 Å². The van der Waals surface area contributed by atoms with E-state index in [-0.39, 0.29) is 5.91 Å². The lowest BCUT2D eigenvalue weighted by Crippen LogP contribution is -2.15. The van der Waals surface area contributed by atoms with Gasteiger partial charge in [0.2, 0.25) is 0 Å². The number of carbonyl (C=O) groups excluding carboxylic acids is 1. The fraction of sp³-hybridized carbons (Fsp3) is 0.0769. The van der Waals surface area contributed by atoms with E-state index in [9.17, 15) is 4.79 Å². The van der Waals surface area contributed by atoms with Crippen molar-refractivity contribution in [1.82, 2.24) is 4.98 Å². The third kappa shape index (κ3) is 3.24. The average molecular weight is 341 g/mol. The molecular weight excluding hydrogens is 330 g/mol. The summed E-state index contributed by atoms with van der Waals surface area (Å²) in [6, 6.07) is 8.27. The van der Waals surface area contributed by atoms with Crippen LogP contribution in [0.5, 0.6) is 0 Å². The van der Waals surface area contributed by atoms with Gasteiger partial charge in [0.1, 0.15) is 5.82 Å². The van der Waals surface area contributed by atoms with Crippen molar-refractivity contribution >= 4 is 44.9 Å². The number of nitrogens with two attached hydrogens (primary N) is 1. The van der Waals surface area contributed by atoms with Crippen molar-refractivity contribution in [3.63, 3.8) is 0 Å². The van der Waals surface area contributed by atoms with Crippen LogP contribution in [0.4, 0.5) is 11.5 Å². The van der Waals surface area contributed by atoms with Gasteiger partial charge in [0.05, 0.1) is 11.3 Å². The Morgan fingerprint density at radius 3 is 2.74 bits per heavy atom. The molecule has 4 nitrogen and oxygen atoms in total. The number of carbonyl (C=O) groups is 1. The highest BCUT2D eigenvalue weighted by atomic mass is 79.9. The number of aromatic nitrogens is 1. The Labute approximate surface area is 124 Å². The Morgan fingerprint density at radius 1 is 1.37 bits per heavy atom. The largest absolute Gasteiger partial charge is 0.398 e. The Hall–Kier alpha value is -1.59. The molecule has 0 atom stereocenters. The monoisotopic (exact) mass is 339 g/mol. The van der Waals surface area contributed by atoms with Crippen LogP contribution in [0, 0.1) is 6.92 Å². The maximum absolute atomic E-state index is 12.1. The van der Waals surface area contributed by atoms with E-state index >= 15 is 0 Å². The highest BCUT2D eigenvalue weighted by Gasteiger charge is 2.11. The molecule has 0 aliphatic carbocycles. The summed E-state index contributed by atoms with van der Waals surface area (Å²) < 4.78 is 0.886. The second kappa shape index (κ2) is 5.59. The summed E-state index contributed by atoms with van der Waals surface area (Å²) in [5, 5.41) is 3.18. The molecule has 1 amide bonds. The maximum atomic E-state index is 12.1. The maximum Gasteiger partial charge on any atom is 0.258 e. The minimum Gasteiger partial charge on any atom is -0.398 e. The Morgan fingerprint density at radius 2 is 2.11 bits per heavy atom. The van der Waals surface area contributed by atoms with Gasteiger partial charge in [-0.2, -0.15) is 0 Å². The molecule has 0 aliphatic heterocycles. The third-order valence-corrected chi connectivity index (χ3v) is 3.59. The fourth-order valence-electron chi connectivity index (χ4n) is 1.54. The summed E-state index contributed by atoms with van der Waals surface area (Å²) in [6.45, 7) is 1.84. The number of pyridine rings is 1. The zero-order chi connectivity index (χ0) is 14.0.